The minimum absolute atomic E-state index is 0.546. The van der Waals surface area contributed by atoms with Gasteiger partial charge < -0.3 is 10.1 Å². The molecule has 16 heavy (non-hydrogen) atoms. The predicted octanol–water partition coefficient (Wildman–Crippen LogP) is 3.37. The Morgan fingerprint density at radius 3 is 2.94 bits per heavy atom. The summed E-state index contributed by atoms with van der Waals surface area (Å²) in [5.74, 6) is 1.47. The molecular weight excluding hydrogens is 220 g/mol. The fourth-order valence-electron chi connectivity index (χ4n) is 1.36. The number of nitrogens with zero attached hydrogens (tertiary/aromatic N) is 1. The van der Waals surface area contributed by atoms with Crippen molar-refractivity contribution in [1.29, 1.82) is 0 Å². The number of fused-ring (bicyclic) bond motifs is 1. The Morgan fingerprint density at radius 2 is 2.25 bits per heavy atom. The summed E-state index contributed by atoms with van der Waals surface area (Å²) in [7, 11) is 1.88. The number of anilines is 1. The number of rotatable bonds is 4. The molecule has 1 N–H and O–H groups in total. The van der Waals surface area contributed by atoms with Gasteiger partial charge in [0.25, 0.3) is 0 Å². The van der Waals surface area contributed by atoms with Crippen molar-refractivity contribution in [1.82, 2.24) is 4.98 Å². The Balaban J connectivity index is 2.22. The highest BCUT2D eigenvalue weighted by molar-refractivity contribution is 7.22. The van der Waals surface area contributed by atoms with E-state index in [4.69, 9.17) is 4.74 Å². The Hall–Kier alpha value is -1.29. The second-order valence-electron chi connectivity index (χ2n) is 4.10. The molecular formula is C12H16N2OS. The van der Waals surface area contributed by atoms with Crippen LogP contribution >= 0.6 is 11.3 Å². The fourth-order valence-corrected chi connectivity index (χ4v) is 2.21. The molecule has 4 heteroatoms. The zero-order valence-corrected chi connectivity index (χ0v) is 10.6. The summed E-state index contributed by atoms with van der Waals surface area (Å²) in [6.07, 6.45) is 0. The van der Waals surface area contributed by atoms with Gasteiger partial charge in [-0.05, 0) is 24.1 Å². The normalized spacial score (nSPS) is 11.0. The standard InChI is InChI=1S/C12H16N2OS/c1-8(2)7-15-9-4-5-10-11(6-9)16-12(13-3)14-10/h4-6,8H,7H2,1-3H3,(H,13,14). The van der Waals surface area contributed by atoms with E-state index in [9.17, 15) is 0 Å². The van der Waals surface area contributed by atoms with Crippen LogP contribution in [0.25, 0.3) is 10.2 Å². The van der Waals surface area contributed by atoms with Crippen molar-refractivity contribution < 1.29 is 4.74 Å². The quantitative estimate of drug-likeness (QED) is 0.883. The molecule has 0 fully saturated rings. The first-order valence-corrected chi connectivity index (χ1v) is 6.22. The number of nitrogens with one attached hydrogen (secondary N) is 1. The summed E-state index contributed by atoms with van der Waals surface area (Å²) >= 11 is 1.64. The SMILES string of the molecule is CNc1nc2ccc(OCC(C)C)cc2s1. The number of aromatic nitrogens is 1. The Labute approximate surface area is 99.5 Å². The molecule has 0 saturated heterocycles. The summed E-state index contributed by atoms with van der Waals surface area (Å²) in [5, 5.41) is 3.99. The topological polar surface area (TPSA) is 34.2 Å². The van der Waals surface area contributed by atoms with E-state index in [0.29, 0.717) is 5.92 Å². The van der Waals surface area contributed by atoms with Gasteiger partial charge in [0.2, 0.25) is 0 Å². The van der Waals surface area contributed by atoms with Crippen molar-refractivity contribution in [3.05, 3.63) is 18.2 Å². The lowest BCUT2D eigenvalue weighted by Gasteiger charge is -2.07. The van der Waals surface area contributed by atoms with Crippen LogP contribution in [0.2, 0.25) is 0 Å². The smallest absolute Gasteiger partial charge is 0.183 e. The molecule has 1 heterocycles. The molecule has 0 bridgehead atoms. The molecule has 86 valence electrons. The number of hydrogen-bond acceptors (Lipinski definition) is 4. The predicted molar refractivity (Wildman–Crippen MR) is 69.5 cm³/mol. The molecule has 0 radical (unpaired) electrons. The first-order chi connectivity index (χ1) is 7.69. The lowest BCUT2D eigenvalue weighted by Crippen LogP contribution is -2.04. The van der Waals surface area contributed by atoms with E-state index in [1.165, 1.54) is 0 Å². The molecule has 0 aliphatic rings. The molecule has 0 unspecified atom stereocenters. The Morgan fingerprint density at radius 1 is 1.44 bits per heavy atom. The van der Waals surface area contributed by atoms with Crippen LogP contribution in [0.15, 0.2) is 18.2 Å². The second kappa shape index (κ2) is 4.70. The fraction of sp³-hybridized carbons (Fsp3) is 0.417. The maximum atomic E-state index is 5.68. The highest BCUT2D eigenvalue weighted by Crippen LogP contribution is 2.28. The molecule has 0 saturated carbocycles. The van der Waals surface area contributed by atoms with Gasteiger partial charge in [-0.3, -0.25) is 0 Å². The molecule has 0 atom stereocenters. The van der Waals surface area contributed by atoms with Gasteiger partial charge in [-0.2, -0.15) is 0 Å². The van der Waals surface area contributed by atoms with Gasteiger partial charge in [0.1, 0.15) is 5.75 Å². The molecule has 2 rings (SSSR count). The van der Waals surface area contributed by atoms with Crippen molar-refractivity contribution >= 4 is 26.7 Å². The summed E-state index contributed by atoms with van der Waals surface area (Å²) in [5.41, 5.74) is 1.02. The van der Waals surface area contributed by atoms with Crippen molar-refractivity contribution in [2.75, 3.05) is 19.0 Å². The average molecular weight is 236 g/mol. The lowest BCUT2D eigenvalue weighted by molar-refractivity contribution is 0.271. The van der Waals surface area contributed by atoms with Gasteiger partial charge in [-0.15, -0.1) is 0 Å². The third-order valence-corrected chi connectivity index (χ3v) is 3.19. The Kier molecular flexibility index (Phi) is 3.29. The summed E-state index contributed by atoms with van der Waals surface area (Å²) < 4.78 is 6.83. The van der Waals surface area contributed by atoms with Crippen LogP contribution in [0.3, 0.4) is 0 Å². The van der Waals surface area contributed by atoms with Crippen molar-refractivity contribution in [3.63, 3.8) is 0 Å². The van der Waals surface area contributed by atoms with E-state index >= 15 is 0 Å². The van der Waals surface area contributed by atoms with Gasteiger partial charge in [0, 0.05) is 7.05 Å². The van der Waals surface area contributed by atoms with Crippen LogP contribution in [0.5, 0.6) is 5.75 Å². The van der Waals surface area contributed by atoms with Gasteiger partial charge in [-0.1, -0.05) is 25.2 Å². The monoisotopic (exact) mass is 236 g/mol. The van der Waals surface area contributed by atoms with Crippen LogP contribution in [0.4, 0.5) is 5.13 Å². The molecule has 1 aromatic carbocycles. The summed E-state index contributed by atoms with van der Waals surface area (Å²) in [6, 6.07) is 6.03. The van der Waals surface area contributed by atoms with Gasteiger partial charge in [-0.25, -0.2) is 4.98 Å². The van der Waals surface area contributed by atoms with E-state index in [1.54, 1.807) is 11.3 Å². The van der Waals surface area contributed by atoms with E-state index in [1.807, 2.05) is 19.2 Å². The maximum Gasteiger partial charge on any atom is 0.183 e. The minimum Gasteiger partial charge on any atom is -0.493 e. The highest BCUT2D eigenvalue weighted by Gasteiger charge is 2.04. The molecule has 0 spiro atoms. The maximum absolute atomic E-state index is 5.68. The first kappa shape index (κ1) is 11.2. The number of ether oxygens (including phenoxy) is 1. The molecule has 0 aliphatic carbocycles. The third-order valence-electron chi connectivity index (χ3n) is 2.16. The minimum atomic E-state index is 0.546. The highest BCUT2D eigenvalue weighted by atomic mass is 32.1. The van der Waals surface area contributed by atoms with E-state index < -0.39 is 0 Å². The molecule has 0 aliphatic heterocycles. The van der Waals surface area contributed by atoms with Crippen LogP contribution in [0, 0.1) is 5.92 Å². The summed E-state index contributed by atoms with van der Waals surface area (Å²) in [6.45, 7) is 5.04. The lowest BCUT2D eigenvalue weighted by atomic mass is 10.2. The average Bonchev–Trinajstić information content (AvgIpc) is 2.68. The molecule has 0 amide bonds. The Bertz CT molecular complexity index is 479. The largest absolute Gasteiger partial charge is 0.493 e. The van der Waals surface area contributed by atoms with Crippen molar-refractivity contribution in [3.8, 4) is 5.75 Å². The zero-order valence-electron chi connectivity index (χ0n) is 9.78. The first-order valence-electron chi connectivity index (χ1n) is 5.40. The van der Waals surface area contributed by atoms with Gasteiger partial charge in [0.15, 0.2) is 5.13 Å². The van der Waals surface area contributed by atoms with E-state index in [0.717, 1.165) is 27.7 Å². The third kappa shape index (κ3) is 2.44. The van der Waals surface area contributed by atoms with E-state index in [2.05, 4.69) is 30.2 Å². The van der Waals surface area contributed by atoms with Gasteiger partial charge in [0.05, 0.1) is 16.8 Å². The summed E-state index contributed by atoms with van der Waals surface area (Å²) in [4.78, 5) is 4.42. The van der Waals surface area contributed by atoms with Crippen LogP contribution < -0.4 is 10.1 Å². The zero-order chi connectivity index (χ0) is 11.5. The van der Waals surface area contributed by atoms with Crippen LogP contribution in [-0.2, 0) is 0 Å². The number of hydrogen-bond donors (Lipinski definition) is 1. The van der Waals surface area contributed by atoms with Crippen LogP contribution in [-0.4, -0.2) is 18.6 Å². The van der Waals surface area contributed by atoms with E-state index in [-0.39, 0.29) is 0 Å². The second-order valence-corrected chi connectivity index (χ2v) is 5.13. The van der Waals surface area contributed by atoms with Crippen molar-refractivity contribution in [2.45, 2.75) is 13.8 Å². The number of benzene rings is 1. The number of thiazole rings is 1. The molecule has 2 aromatic rings. The molecule has 1 aromatic heterocycles. The van der Waals surface area contributed by atoms with Crippen molar-refractivity contribution in [2.24, 2.45) is 5.92 Å². The van der Waals surface area contributed by atoms with Crippen LogP contribution in [0.1, 0.15) is 13.8 Å². The molecule has 3 nitrogen and oxygen atoms in total. The van der Waals surface area contributed by atoms with Gasteiger partial charge >= 0.3 is 0 Å².